The monoisotopic (exact) mass is 183 g/mol. The number of Topliss-reactive ketones (excluding diaryl/α,β-unsaturated/α-hetero) is 1. The minimum absolute atomic E-state index is 0.0470. The lowest BCUT2D eigenvalue weighted by molar-refractivity contribution is -0.133. The minimum Gasteiger partial charge on any atom is -0.342 e. The van der Waals surface area contributed by atoms with E-state index in [4.69, 9.17) is 0 Å². The molecule has 1 unspecified atom stereocenters. The first-order valence-corrected chi connectivity index (χ1v) is 4.81. The normalized spacial score (nSPS) is 22.5. The number of ketones is 1. The summed E-state index contributed by atoms with van der Waals surface area (Å²) in [6, 6.07) is 0. The predicted molar refractivity (Wildman–Crippen MR) is 50.2 cm³/mol. The molecular weight excluding hydrogens is 166 g/mol. The molecule has 3 nitrogen and oxygen atoms in total. The molecule has 13 heavy (non-hydrogen) atoms. The van der Waals surface area contributed by atoms with Crippen LogP contribution >= 0.6 is 0 Å². The number of carbonyl (C=O) groups is 2. The van der Waals surface area contributed by atoms with Gasteiger partial charge in [0.1, 0.15) is 5.78 Å². The van der Waals surface area contributed by atoms with Gasteiger partial charge in [-0.05, 0) is 13.3 Å². The number of nitrogens with zero attached hydrogens (tertiary/aromatic N) is 1. The van der Waals surface area contributed by atoms with E-state index < -0.39 is 0 Å². The Hall–Kier alpha value is -0.860. The second kappa shape index (κ2) is 3.90. The van der Waals surface area contributed by atoms with Gasteiger partial charge >= 0.3 is 0 Å². The zero-order valence-corrected chi connectivity index (χ0v) is 8.54. The van der Waals surface area contributed by atoms with Gasteiger partial charge in [0.2, 0.25) is 5.91 Å². The Kier molecular flexibility index (Phi) is 3.07. The molecule has 0 radical (unpaired) electrons. The highest BCUT2D eigenvalue weighted by Gasteiger charge is 2.29. The van der Waals surface area contributed by atoms with Gasteiger partial charge in [-0.2, -0.15) is 0 Å². The first kappa shape index (κ1) is 10.2. The standard InChI is InChI=1S/C10H17NO2/c1-7(2)10(13)11-5-4-9(6-11)8(3)12/h7,9H,4-6H2,1-3H3. The lowest BCUT2D eigenvalue weighted by Crippen LogP contribution is -2.32. The van der Waals surface area contributed by atoms with Crippen LogP contribution in [0, 0.1) is 11.8 Å². The van der Waals surface area contributed by atoms with Crippen LogP contribution in [0.2, 0.25) is 0 Å². The van der Waals surface area contributed by atoms with Crippen molar-refractivity contribution in [2.45, 2.75) is 27.2 Å². The third-order valence-corrected chi connectivity index (χ3v) is 2.57. The first-order valence-electron chi connectivity index (χ1n) is 4.81. The van der Waals surface area contributed by atoms with Gasteiger partial charge in [-0.15, -0.1) is 0 Å². The average molecular weight is 183 g/mol. The summed E-state index contributed by atoms with van der Waals surface area (Å²) in [5.74, 6) is 0.510. The quantitative estimate of drug-likeness (QED) is 0.642. The fraction of sp³-hybridized carbons (Fsp3) is 0.800. The highest BCUT2D eigenvalue weighted by Crippen LogP contribution is 2.18. The Morgan fingerprint density at radius 3 is 2.38 bits per heavy atom. The van der Waals surface area contributed by atoms with E-state index in [-0.39, 0.29) is 23.5 Å². The van der Waals surface area contributed by atoms with Gasteiger partial charge in [0, 0.05) is 24.9 Å². The van der Waals surface area contributed by atoms with Gasteiger partial charge in [-0.1, -0.05) is 13.8 Å². The topological polar surface area (TPSA) is 37.4 Å². The minimum atomic E-state index is 0.0470. The van der Waals surface area contributed by atoms with Gasteiger partial charge in [0.25, 0.3) is 0 Å². The Labute approximate surface area is 79.1 Å². The molecule has 1 aliphatic rings. The second-order valence-corrected chi connectivity index (χ2v) is 4.04. The van der Waals surface area contributed by atoms with Gasteiger partial charge in [0.15, 0.2) is 0 Å². The van der Waals surface area contributed by atoms with Crippen molar-refractivity contribution in [1.29, 1.82) is 0 Å². The van der Waals surface area contributed by atoms with Crippen molar-refractivity contribution >= 4 is 11.7 Å². The SMILES string of the molecule is CC(=O)C1CCN(C(=O)C(C)C)C1. The molecule has 0 aromatic heterocycles. The number of carbonyl (C=O) groups excluding carboxylic acids is 2. The number of likely N-dealkylation sites (tertiary alicyclic amines) is 1. The second-order valence-electron chi connectivity index (χ2n) is 4.04. The van der Waals surface area contributed by atoms with Crippen LogP contribution < -0.4 is 0 Å². The largest absolute Gasteiger partial charge is 0.342 e. The molecule has 3 heteroatoms. The van der Waals surface area contributed by atoms with E-state index in [1.54, 1.807) is 11.8 Å². The lowest BCUT2D eigenvalue weighted by atomic mass is 10.1. The summed E-state index contributed by atoms with van der Waals surface area (Å²) >= 11 is 0. The number of hydrogen-bond acceptors (Lipinski definition) is 2. The van der Waals surface area contributed by atoms with Gasteiger partial charge in [-0.3, -0.25) is 9.59 Å². The number of hydrogen-bond donors (Lipinski definition) is 0. The smallest absolute Gasteiger partial charge is 0.225 e. The summed E-state index contributed by atoms with van der Waals surface area (Å²) in [6.45, 7) is 6.77. The maximum Gasteiger partial charge on any atom is 0.225 e. The van der Waals surface area contributed by atoms with Crippen molar-refractivity contribution in [3.63, 3.8) is 0 Å². The van der Waals surface area contributed by atoms with E-state index in [9.17, 15) is 9.59 Å². The highest BCUT2D eigenvalue weighted by atomic mass is 16.2. The van der Waals surface area contributed by atoms with Crippen LogP contribution in [-0.2, 0) is 9.59 Å². The Bertz CT molecular complexity index is 223. The molecule has 0 aromatic carbocycles. The molecule has 1 amide bonds. The summed E-state index contributed by atoms with van der Waals surface area (Å²) in [5.41, 5.74) is 0. The fourth-order valence-corrected chi connectivity index (χ4v) is 1.66. The van der Waals surface area contributed by atoms with Gasteiger partial charge in [0.05, 0.1) is 0 Å². The van der Waals surface area contributed by atoms with Crippen LogP contribution in [-0.4, -0.2) is 29.7 Å². The third-order valence-electron chi connectivity index (χ3n) is 2.57. The predicted octanol–water partition coefficient (Wildman–Crippen LogP) is 1.08. The molecule has 1 heterocycles. The molecule has 1 rings (SSSR count). The van der Waals surface area contributed by atoms with Crippen molar-refractivity contribution in [3.05, 3.63) is 0 Å². The van der Waals surface area contributed by atoms with Crippen molar-refractivity contribution in [2.75, 3.05) is 13.1 Å². The Morgan fingerprint density at radius 2 is 2.00 bits per heavy atom. The van der Waals surface area contributed by atoms with Crippen LogP contribution in [0.1, 0.15) is 27.2 Å². The van der Waals surface area contributed by atoms with Crippen molar-refractivity contribution in [1.82, 2.24) is 4.90 Å². The molecule has 0 bridgehead atoms. The summed E-state index contributed by atoms with van der Waals surface area (Å²) < 4.78 is 0. The van der Waals surface area contributed by atoms with E-state index in [1.165, 1.54) is 0 Å². The van der Waals surface area contributed by atoms with E-state index >= 15 is 0 Å². The molecule has 1 atom stereocenters. The molecule has 1 aliphatic heterocycles. The maximum atomic E-state index is 11.5. The Morgan fingerprint density at radius 1 is 1.38 bits per heavy atom. The van der Waals surface area contributed by atoms with Crippen LogP contribution in [0.15, 0.2) is 0 Å². The van der Waals surface area contributed by atoms with E-state index in [1.807, 2.05) is 13.8 Å². The van der Waals surface area contributed by atoms with Crippen LogP contribution in [0.3, 0.4) is 0 Å². The molecule has 1 saturated heterocycles. The van der Waals surface area contributed by atoms with Crippen molar-refractivity contribution < 1.29 is 9.59 Å². The van der Waals surface area contributed by atoms with Crippen LogP contribution in [0.25, 0.3) is 0 Å². The van der Waals surface area contributed by atoms with Crippen LogP contribution in [0.4, 0.5) is 0 Å². The third kappa shape index (κ3) is 2.29. The Balaban J connectivity index is 2.50. The zero-order valence-electron chi connectivity index (χ0n) is 8.54. The molecule has 0 saturated carbocycles. The lowest BCUT2D eigenvalue weighted by Gasteiger charge is -2.18. The highest BCUT2D eigenvalue weighted by molar-refractivity contribution is 5.82. The van der Waals surface area contributed by atoms with E-state index in [0.29, 0.717) is 6.54 Å². The molecule has 74 valence electrons. The van der Waals surface area contributed by atoms with E-state index in [0.717, 1.165) is 13.0 Å². The summed E-state index contributed by atoms with van der Waals surface area (Å²) in [7, 11) is 0. The van der Waals surface area contributed by atoms with Gasteiger partial charge < -0.3 is 4.90 Å². The molecule has 1 fully saturated rings. The molecule has 0 aliphatic carbocycles. The van der Waals surface area contributed by atoms with Crippen LogP contribution in [0.5, 0.6) is 0 Å². The summed E-state index contributed by atoms with van der Waals surface area (Å²) in [6.07, 6.45) is 0.841. The first-order chi connectivity index (χ1) is 6.02. The summed E-state index contributed by atoms with van der Waals surface area (Å²) in [4.78, 5) is 24.4. The van der Waals surface area contributed by atoms with E-state index in [2.05, 4.69) is 0 Å². The number of rotatable bonds is 2. The van der Waals surface area contributed by atoms with Gasteiger partial charge in [-0.25, -0.2) is 0 Å². The number of amides is 1. The molecule has 0 aromatic rings. The zero-order chi connectivity index (χ0) is 10.0. The molecular formula is C10H17NO2. The molecule has 0 N–H and O–H groups in total. The maximum absolute atomic E-state index is 11.5. The van der Waals surface area contributed by atoms with Crippen molar-refractivity contribution in [3.8, 4) is 0 Å². The fourth-order valence-electron chi connectivity index (χ4n) is 1.66. The van der Waals surface area contributed by atoms with Crippen molar-refractivity contribution in [2.24, 2.45) is 11.8 Å². The average Bonchev–Trinajstić information content (AvgIpc) is 2.50. The summed E-state index contributed by atoms with van der Waals surface area (Å²) in [5, 5.41) is 0. The molecule has 0 spiro atoms.